The van der Waals surface area contributed by atoms with Crippen molar-refractivity contribution in [1.82, 2.24) is 9.88 Å². The molecule has 1 aliphatic heterocycles. The van der Waals surface area contributed by atoms with Crippen LogP contribution in [0.15, 0.2) is 51.0 Å². The van der Waals surface area contributed by atoms with Crippen molar-refractivity contribution < 1.29 is 22.7 Å². The largest absolute Gasteiger partial charge is 0.495 e. The van der Waals surface area contributed by atoms with Crippen molar-refractivity contribution in [3.8, 4) is 11.8 Å². The second-order valence-corrected chi connectivity index (χ2v) is 9.32. The van der Waals surface area contributed by atoms with Gasteiger partial charge in [0.1, 0.15) is 23.1 Å². The molecule has 1 aromatic heterocycles. The fraction of sp³-hybridized carbons (Fsp3) is 0.174. The standard InChI is InChI=1S/C23H14Cl2F3N3O3S/c1-34-16-6-5-11-9-31(10-13(11)12(16)8-29)22(33)19-17(7-18(23(26,27)28)30-21(19)32)35-20-14(24)3-2-4-15(20)25/h2-7H,9-10H2,1H3,(H,30,32). The van der Waals surface area contributed by atoms with E-state index in [1.165, 1.54) is 24.1 Å². The lowest BCUT2D eigenvalue weighted by molar-refractivity contribution is -0.141. The Morgan fingerprint density at radius 2 is 1.89 bits per heavy atom. The molecule has 0 fully saturated rings. The van der Waals surface area contributed by atoms with Crippen molar-refractivity contribution >= 4 is 40.9 Å². The van der Waals surface area contributed by atoms with E-state index in [0.29, 0.717) is 34.7 Å². The van der Waals surface area contributed by atoms with Gasteiger partial charge in [-0.2, -0.15) is 18.4 Å². The molecule has 1 amide bonds. The van der Waals surface area contributed by atoms with Gasteiger partial charge in [0.05, 0.1) is 22.7 Å². The van der Waals surface area contributed by atoms with Crippen molar-refractivity contribution in [2.24, 2.45) is 0 Å². The molecule has 0 atom stereocenters. The topological polar surface area (TPSA) is 86.2 Å². The fourth-order valence-corrected chi connectivity index (χ4v) is 5.35. The highest BCUT2D eigenvalue weighted by Gasteiger charge is 2.36. The molecule has 1 N–H and O–H groups in total. The zero-order valence-corrected chi connectivity index (χ0v) is 20.1. The first kappa shape index (κ1) is 25.0. The monoisotopic (exact) mass is 539 g/mol. The van der Waals surface area contributed by atoms with Crippen molar-refractivity contribution in [3.05, 3.63) is 84.7 Å². The normalized spacial score (nSPS) is 12.9. The number of aromatic nitrogens is 1. The van der Waals surface area contributed by atoms with Crippen LogP contribution in [0.1, 0.15) is 32.7 Å². The Bertz CT molecular complexity index is 1430. The maximum absolute atomic E-state index is 13.5. The van der Waals surface area contributed by atoms with Crippen LogP contribution in [0.2, 0.25) is 10.0 Å². The Hall–Kier alpha value is -3.13. The van der Waals surface area contributed by atoms with Gasteiger partial charge in [-0.3, -0.25) is 9.59 Å². The number of carbonyl (C=O) groups is 1. The number of H-pyrrole nitrogens is 1. The predicted molar refractivity (Wildman–Crippen MR) is 124 cm³/mol. The summed E-state index contributed by atoms with van der Waals surface area (Å²) in [5.74, 6) is -0.470. The van der Waals surface area contributed by atoms with E-state index in [4.69, 9.17) is 27.9 Å². The smallest absolute Gasteiger partial charge is 0.431 e. The highest BCUT2D eigenvalue weighted by atomic mass is 35.5. The van der Waals surface area contributed by atoms with E-state index >= 15 is 0 Å². The van der Waals surface area contributed by atoms with Gasteiger partial charge >= 0.3 is 6.18 Å². The number of nitriles is 1. The SMILES string of the molecule is COc1ccc2c(c1C#N)CN(C(=O)c1c(Sc3c(Cl)cccc3Cl)cc(C(F)(F)F)[nH]c1=O)C2. The Balaban J connectivity index is 1.80. The third-order valence-corrected chi connectivity index (χ3v) is 7.39. The van der Waals surface area contributed by atoms with Crippen LogP contribution >= 0.6 is 35.0 Å². The lowest BCUT2D eigenvalue weighted by Gasteiger charge is -2.19. The first-order chi connectivity index (χ1) is 16.5. The quantitative estimate of drug-likeness (QED) is 0.446. The number of methoxy groups -OCH3 is 1. The third-order valence-electron chi connectivity index (χ3n) is 5.35. The van der Waals surface area contributed by atoms with Crippen LogP contribution in [0.3, 0.4) is 0 Å². The van der Waals surface area contributed by atoms with Gasteiger partial charge in [0.2, 0.25) is 0 Å². The van der Waals surface area contributed by atoms with E-state index in [2.05, 4.69) is 0 Å². The summed E-state index contributed by atoms with van der Waals surface area (Å²) >= 11 is 13.1. The average molecular weight is 540 g/mol. The van der Waals surface area contributed by atoms with Gasteiger partial charge in [-0.05, 0) is 35.4 Å². The summed E-state index contributed by atoms with van der Waals surface area (Å²) in [7, 11) is 1.41. The van der Waals surface area contributed by atoms with Crippen LogP contribution in [-0.2, 0) is 19.3 Å². The number of hydrogen-bond acceptors (Lipinski definition) is 5. The first-order valence-corrected chi connectivity index (χ1v) is 11.5. The van der Waals surface area contributed by atoms with Crippen molar-refractivity contribution in [1.29, 1.82) is 5.26 Å². The lowest BCUT2D eigenvalue weighted by atomic mass is 10.0. The predicted octanol–water partition coefficient (Wildman–Crippen LogP) is 5.89. The molecular formula is C23H14Cl2F3N3O3S. The van der Waals surface area contributed by atoms with E-state index in [1.54, 1.807) is 23.2 Å². The molecule has 180 valence electrons. The molecule has 0 unspecified atom stereocenters. The Morgan fingerprint density at radius 3 is 2.49 bits per heavy atom. The summed E-state index contributed by atoms with van der Waals surface area (Å²) < 4.78 is 45.5. The number of ether oxygens (including phenoxy) is 1. The Labute approximate surface area is 211 Å². The first-order valence-electron chi connectivity index (χ1n) is 9.89. The van der Waals surface area contributed by atoms with Crippen LogP contribution in [0.4, 0.5) is 13.2 Å². The van der Waals surface area contributed by atoms with E-state index in [0.717, 1.165) is 0 Å². The molecule has 1 aliphatic rings. The maximum atomic E-state index is 13.5. The van der Waals surface area contributed by atoms with Crippen molar-refractivity contribution in [2.75, 3.05) is 7.11 Å². The van der Waals surface area contributed by atoms with Gasteiger partial charge in [-0.25, -0.2) is 0 Å². The summed E-state index contributed by atoms with van der Waals surface area (Å²) in [6.07, 6.45) is -4.86. The summed E-state index contributed by atoms with van der Waals surface area (Å²) in [5.41, 5.74) is -1.54. The van der Waals surface area contributed by atoms with Crippen molar-refractivity contribution in [2.45, 2.75) is 29.1 Å². The van der Waals surface area contributed by atoms with Gasteiger partial charge < -0.3 is 14.6 Å². The number of amides is 1. The molecule has 0 aliphatic carbocycles. The van der Waals surface area contributed by atoms with Gasteiger partial charge in [0.15, 0.2) is 0 Å². The van der Waals surface area contributed by atoms with E-state index in [9.17, 15) is 28.0 Å². The number of alkyl halides is 3. The van der Waals surface area contributed by atoms with Gasteiger partial charge in [0.25, 0.3) is 11.5 Å². The minimum absolute atomic E-state index is 0.0221. The Kier molecular flexibility index (Phi) is 6.77. The maximum Gasteiger partial charge on any atom is 0.431 e. The molecule has 0 spiro atoms. The number of fused-ring (bicyclic) bond motifs is 1. The highest BCUT2D eigenvalue weighted by molar-refractivity contribution is 7.99. The second kappa shape index (κ2) is 9.49. The van der Waals surface area contributed by atoms with E-state index in [-0.39, 0.29) is 38.5 Å². The molecule has 0 bridgehead atoms. The molecule has 0 saturated carbocycles. The number of benzene rings is 2. The van der Waals surface area contributed by atoms with Crippen molar-refractivity contribution in [3.63, 3.8) is 0 Å². The zero-order chi connectivity index (χ0) is 25.5. The molecule has 6 nitrogen and oxygen atoms in total. The number of halogens is 5. The van der Waals surface area contributed by atoms with Crippen LogP contribution in [0, 0.1) is 11.3 Å². The number of carbonyl (C=O) groups excluding carboxylic acids is 1. The molecule has 35 heavy (non-hydrogen) atoms. The zero-order valence-electron chi connectivity index (χ0n) is 17.8. The molecule has 3 aromatic rings. The second-order valence-electron chi connectivity index (χ2n) is 7.46. The lowest BCUT2D eigenvalue weighted by Crippen LogP contribution is -2.33. The number of rotatable bonds is 4. The number of hydrogen-bond donors (Lipinski definition) is 1. The van der Waals surface area contributed by atoms with Gasteiger partial charge in [-0.15, -0.1) is 0 Å². The number of pyridine rings is 1. The van der Waals surface area contributed by atoms with Crippen LogP contribution < -0.4 is 10.3 Å². The summed E-state index contributed by atoms with van der Waals surface area (Å²) in [6, 6.07) is 10.6. The molecule has 2 heterocycles. The molecule has 2 aromatic carbocycles. The van der Waals surface area contributed by atoms with Crippen LogP contribution in [0.25, 0.3) is 0 Å². The molecule has 4 rings (SSSR count). The van der Waals surface area contributed by atoms with E-state index in [1.807, 2.05) is 6.07 Å². The number of nitrogens with zero attached hydrogens (tertiary/aromatic N) is 2. The van der Waals surface area contributed by atoms with Crippen LogP contribution in [-0.4, -0.2) is 22.9 Å². The third kappa shape index (κ3) is 4.72. The molecule has 0 saturated heterocycles. The van der Waals surface area contributed by atoms with Gasteiger partial charge in [0, 0.05) is 22.9 Å². The number of nitrogens with one attached hydrogen (secondary N) is 1. The molecule has 0 radical (unpaired) electrons. The summed E-state index contributed by atoms with van der Waals surface area (Å²) in [5, 5.41) is 9.84. The minimum Gasteiger partial charge on any atom is -0.495 e. The van der Waals surface area contributed by atoms with Gasteiger partial charge in [-0.1, -0.05) is 47.1 Å². The summed E-state index contributed by atoms with van der Waals surface area (Å²) in [6.45, 7) is 0.0376. The Morgan fingerprint density at radius 1 is 1.20 bits per heavy atom. The summed E-state index contributed by atoms with van der Waals surface area (Å²) in [4.78, 5) is 29.3. The number of aromatic amines is 1. The minimum atomic E-state index is -4.86. The van der Waals surface area contributed by atoms with Crippen LogP contribution in [0.5, 0.6) is 5.75 Å². The fourth-order valence-electron chi connectivity index (χ4n) is 3.71. The van der Waals surface area contributed by atoms with E-state index < -0.39 is 28.9 Å². The molecular weight excluding hydrogens is 526 g/mol. The molecule has 12 heteroatoms. The average Bonchev–Trinajstić information content (AvgIpc) is 3.24. The highest BCUT2D eigenvalue weighted by Crippen LogP contribution is 2.41.